The number of rotatable bonds is 8. The number of para-hydroxylation sites is 1. The Labute approximate surface area is 115 Å². The molecular formula is C15H24N2O2. The van der Waals surface area contributed by atoms with Gasteiger partial charge in [0.05, 0.1) is 14.2 Å². The highest BCUT2D eigenvalue weighted by molar-refractivity contribution is 5.46. The third-order valence-electron chi connectivity index (χ3n) is 3.61. The van der Waals surface area contributed by atoms with Crippen LogP contribution in [0.5, 0.6) is 11.5 Å². The summed E-state index contributed by atoms with van der Waals surface area (Å²) in [5.74, 6) is 1.62. The monoisotopic (exact) mass is 264 g/mol. The van der Waals surface area contributed by atoms with Crippen LogP contribution < -0.4 is 14.8 Å². The van der Waals surface area contributed by atoms with E-state index in [0.717, 1.165) is 42.7 Å². The van der Waals surface area contributed by atoms with Crippen molar-refractivity contribution in [3.8, 4) is 11.5 Å². The molecule has 0 saturated heterocycles. The Balaban J connectivity index is 1.81. The minimum absolute atomic E-state index is 0.789. The number of nitrogens with zero attached hydrogens (tertiary/aromatic N) is 1. The molecule has 19 heavy (non-hydrogen) atoms. The molecule has 0 spiro atoms. The van der Waals surface area contributed by atoms with Crippen molar-refractivity contribution >= 4 is 0 Å². The highest BCUT2D eigenvalue weighted by Gasteiger charge is 2.25. The third kappa shape index (κ3) is 3.85. The van der Waals surface area contributed by atoms with Crippen molar-refractivity contribution < 1.29 is 9.47 Å². The number of hydrogen-bond acceptors (Lipinski definition) is 4. The van der Waals surface area contributed by atoms with Gasteiger partial charge in [0.15, 0.2) is 11.5 Å². The molecule has 0 radical (unpaired) electrons. The standard InChI is InChI=1S/C15H24N2O2/c1-17(13-7-8-13)10-9-16-11-12-5-4-6-14(18-2)15(12)19-3/h4-6,13,16H,7-11H2,1-3H3. The molecule has 1 fully saturated rings. The molecule has 4 nitrogen and oxygen atoms in total. The van der Waals surface area contributed by atoms with E-state index in [1.165, 1.54) is 12.8 Å². The quantitative estimate of drug-likeness (QED) is 0.727. The van der Waals surface area contributed by atoms with Gasteiger partial charge >= 0.3 is 0 Å². The van der Waals surface area contributed by atoms with Crippen molar-refractivity contribution in [2.75, 3.05) is 34.4 Å². The average molecular weight is 264 g/mol. The molecule has 0 aromatic heterocycles. The fourth-order valence-electron chi connectivity index (χ4n) is 2.27. The summed E-state index contributed by atoms with van der Waals surface area (Å²) in [6.45, 7) is 2.89. The zero-order valence-corrected chi connectivity index (χ0v) is 12.1. The van der Waals surface area contributed by atoms with Gasteiger partial charge in [0.25, 0.3) is 0 Å². The minimum atomic E-state index is 0.789. The Kier molecular flexibility index (Phi) is 5.05. The lowest BCUT2D eigenvalue weighted by Crippen LogP contribution is -2.30. The van der Waals surface area contributed by atoms with E-state index in [4.69, 9.17) is 9.47 Å². The number of hydrogen-bond donors (Lipinski definition) is 1. The van der Waals surface area contributed by atoms with Crippen LogP contribution >= 0.6 is 0 Å². The summed E-state index contributed by atoms with van der Waals surface area (Å²) < 4.78 is 10.7. The lowest BCUT2D eigenvalue weighted by Gasteiger charge is -2.17. The molecule has 0 aliphatic heterocycles. The van der Waals surface area contributed by atoms with Crippen LogP contribution in [-0.4, -0.2) is 45.3 Å². The summed E-state index contributed by atoms with van der Waals surface area (Å²) in [6, 6.07) is 6.81. The number of benzene rings is 1. The Morgan fingerprint density at radius 3 is 2.68 bits per heavy atom. The van der Waals surface area contributed by atoms with Crippen molar-refractivity contribution in [2.24, 2.45) is 0 Å². The van der Waals surface area contributed by atoms with Gasteiger partial charge in [-0.1, -0.05) is 12.1 Å². The van der Waals surface area contributed by atoms with Crippen LogP contribution in [-0.2, 0) is 6.54 Å². The van der Waals surface area contributed by atoms with E-state index in [2.05, 4.69) is 23.3 Å². The van der Waals surface area contributed by atoms with Gasteiger partial charge < -0.3 is 19.7 Å². The first-order valence-corrected chi connectivity index (χ1v) is 6.87. The van der Waals surface area contributed by atoms with Crippen molar-refractivity contribution in [1.82, 2.24) is 10.2 Å². The predicted octanol–water partition coefficient (Wildman–Crippen LogP) is 1.89. The summed E-state index contributed by atoms with van der Waals surface area (Å²) in [5.41, 5.74) is 1.14. The fourth-order valence-corrected chi connectivity index (χ4v) is 2.27. The molecule has 1 aromatic carbocycles. The first kappa shape index (κ1) is 14.2. The molecule has 1 saturated carbocycles. The van der Waals surface area contributed by atoms with Crippen LogP contribution in [0.4, 0.5) is 0 Å². The maximum absolute atomic E-state index is 5.42. The predicted molar refractivity (Wildman–Crippen MR) is 76.9 cm³/mol. The largest absolute Gasteiger partial charge is 0.493 e. The van der Waals surface area contributed by atoms with Crippen molar-refractivity contribution in [3.05, 3.63) is 23.8 Å². The molecule has 0 bridgehead atoms. The maximum Gasteiger partial charge on any atom is 0.165 e. The highest BCUT2D eigenvalue weighted by atomic mass is 16.5. The third-order valence-corrected chi connectivity index (χ3v) is 3.61. The number of nitrogens with one attached hydrogen (secondary N) is 1. The first-order valence-electron chi connectivity index (χ1n) is 6.87. The summed E-state index contributed by atoms with van der Waals surface area (Å²) in [5, 5.41) is 3.46. The molecule has 1 aromatic rings. The lowest BCUT2D eigenvalue weighted by atomic mass is 10.2. The second-order valence-corrected chi connectivity index (χ2v) is 5.04. The van der Waals surface area contributed by atoms with Crippen LogP contribution in [0.15, 0.2) is 18.2 Å². The van der Waals surface area contributed by atoms with Crippen molar-refractivity contribution in [1.29, 1.82) is 0 Å². The summed E-state index contributed by atoms with van der Waals surface area (Å²) in [4.78, 5) is 2.43. The van der Waals surface area contributed by atoms with E-state index >= 15 is 0 Å². The van der Waals surface area contributed by atoms with Gasteiger partial charge in [-0.05, 0) is 26.0 Å². The van der Waals surface area contributed by atoms with Gasteiger partial charge in [-0.2, -0.15) is 0 Å². The van der Waals surface area contributed by atoms with Crippen LogP contribution in [0.25, 0.3) is 0 Å². The number of likely N-dealkylation sites (N-methyl/N-ethyl adjacent to an activating group) is 1. The summed E-state index contributed by atoms with van der Waals surface area (Å²) in [7, 11) is 5.55. The van der Waals surface area contributed by atoms with E-state index in [1.54, 1.807) is 14.2 Å². The SMILES string of the molecule is COc1cccc(CNCCN(C)C2CC2)c1OC. The molecule has 1 N–H and O–H groups in total. The van der Waals surface area contributed by atoms with Crippen LogP contribution in [0.3, 0.4) is 0 Å². The molecular weight excluding hydrogens is 240 g/mol. The van der Waals surface area contributed by atoms with Crippen molar-refractivity contribution in [3.63, 3.8) is 0 Å². The van der Waals surface area contributed by atoms with Gasteiger partial charge in [0, 0.05) is 31.2 Å². The van der Waals surface area contributed by atoms with E-state index < -0.39 is 0 Å². The molecule has 1 aliphatic rings. The smallest absolute Gasteiger partial charge is 0.165 e. The molecule has 0 atom stereocenters. The molecule has 0 unspecified atom stereocenters. The number of methoxy groups -OCH3 is 2. The Morgan fingerprint density at radius 1 is 1.26 bits per heavy atom. The zero-order valence-electron chi connectivity index (χ0n) is 12.1. The fraction of sp³-hybridized carbons (Fsp3) is 0.600. The summed E-state index contributed by atoms with van der Waals surface area (Å²) in [6.07, 6.45) is 2.72. The first-order chi connectivity index (χ1) is 9.26. The van der Waals surface area contributed by atoms with Gasteiger partial charge in [-0.15, -0.1) is 0 Å². The second-order valence-electron chi connectivity index (χ2n) is 5.04. The van der Waals surface area contributed by atoms with E-state index in [1.807, 2.05) is 12.1 Å². The van der Waals surface area contributed by atoms with Gasteiger partial charge in [0.2, 0.25) is 0 Å². The van der Waals surface area contributed by atoms with Crippen LogP contribution in [0.2, 0.25) is 0 Å². The molecule has 1 aliphatic carbocycles. The van der Waals surface area contributed by atoms with E-state index in [0.29, 0.717) is 0 Å². The molecule has 4 heteroatoms. The normalized spacial score (nSPS) is 14.7. The van der Waals surface area contributed by atoms with Gasteiger partial charge in [-0.3, -0.25) is 0 Å². The molecule has 0 amide bonds. The lowest BCUT2D eigenvalue weighted by molar-refractivity contribution is 0.320. The topological polar surface area (TPSA) is 33.7 Å². The average Bonchev–Trinajstić information content (AvgIpc) is 3.27. The Bertz CT molecular complexity index is 405. The van der Waals surface area contributed by atoms with Gasteiger partial charge in [-0.25, -0.2) is 0 Å². The second kappa shape index (κ2) is 6.78. The van der Waals surface area contributed by atoms with Gasteiger partial charge in [0.1, 0.15) is 0 Å². The molecule has 2 rings (SSSR count). The van der Waals surface area contributed by atoms with Crippen LogP contribution in [0.1, 0.15) is 18.4 Å². The summed E-state index contributed by atoms with van der Waals surface area (Å²) >= 11 is 0. The molecule has 106 valence electrons. The minimum Gasteiger partial charge on any atom is -0.493 e. The van der Waals surface area contributed by atoms with E-state index in [-0.39, 0.29) is 0 Å². The highest BCUT2D eigenvalue weighted by Crippen LogP contribution is 2.30. The number of ether oxygens (including phenoxy) is 2. The van der Waals surface area contributed by atoms with Crippen LogP contribution in [0, 0.1) is 0 Å². The molecule has 0 heterocycles. The maximum atomic E-state index is 5.42. The zero-order chi connectivity index (χ0) is 13.7. The Hall–Kier alpha value is -1.26. The van der Waals surface area contributed by atoms with Crippen molar-refractivity contribution in [2.45, 2.75) is 25.4 Å². The van der Waals surface area contributed by atoms with E-state index in [9.17, 15) is 0 Å². The Morgan fingerprint density at radius 2 is 2.05 bits per heavy atom.